The Hall–Kier alpha value is -2.63. The van der Waals surface area contributed by atoms with Crippen LogP contribution in [0, 0.1) is 0 Å². The molecule has 0 bridgehead atoms. The highest BCUT2D eigenvalue weighted by molar-refractivity contribution is 5.71. The molecule has 348 valence electrons. The van der Waals surface area contributed by atoms with E-state index in [9.17, 15) is 14.4 Å². The summed E-state index contributed by atoms with van der Waals surface area (Å²) in [5.74, 6) is -0.978. The number of ether oxygens (including phenoxy) is 3. The zero-order valence-electron chi connectivity index (χ0n) is 39.7. The Kier molecular flexibility index (Phi) is 46.9. The zero-order valence-corrected chi connectivity index (χ0v) is 39.7. The maximum absolute atomic E-state index is 12.7. The highest BCUT2D eigenvalue weighted by Crippen LogP contribution is 2.14. The quantitative estimate of drug-likeness (QED) is 0.0200. The number of allylic oxidation sites excluding steroid dienone is 8. The van der Waals surface area contributed by atoms with Gasteiger partial charge in [0.2, 0.25) is 0 Å². The van der Waals surface area contributed by atoms with Crippen molar-refractivity contribution in [2.45, 2.75) is 264 Å². The molecule has 0 saturated heterocycles. The van der Waals surface area contributed by atoms with Gasteiger partial charge in [-0.1, -0.05) is 223 Å². The zero-order chi connectivity index (χ0) is 43.7. The maximum atomic E-state index is 12.7. The second-order valence-electron chi connectivity index (χ2n) is 17.1. The minimum absolute atomic E-state index is 0.0987. The van der Waals surface area contributed by atoms with E-state index in [2.05, 4.69) is 63.3 Å². The van der Waals surface area contributed by atoms with Crippen LogP contribution in [0.4, 0.5) is 0 Å². The van der Waals surface area contributed by atoms with Crippen LogP contribution in [0.3, 0.4) is 0 Å². The first kappa shape index (κ1) is 57.4. The van der Waals surface area contributed by atoms with E-state index in [1.165, 1.54) is 141 Å². The fourth-order valence-corrected chi connectivity index (χ4v) is 7.19. The molecule has 6 nitrogen and oxygen atoms in total. The molecule has 0 aliphatic heterocycles. The van der Waals surface area contributed by atoms with Crippen LogP contribution in [0.15, 0.2) is 48.6 Å². The molecule has 0 radical (unpaired) electrons. The van der Waals surface area contributed by atoms with Crippen LogP contribution >= 0.6 is 0 Å². The van der Waals surface area contributed by atoms with Crippen LogP contribution in [0.1, 0.15) is 258 Å². The van der Waals surface area contributed by atoms with Gasteiger partial charge in [-0.15, -0.1) is 0 Å². The summed E-state index contributed by atoms with van der Waals surface area (Å²) in [6, 6.07) is 0. The molecule has 0 aliphatic rings. The van der Waals surface area contributed by atoms with Gasteiger partial charge in [-0.05, 0) is 64.2 Å². The van der Waals surface area contributed by atoms with Crippen LogP contribution < -0.4 is 0 Å². The van der Waals surface area contributed by atoms with Crippen LogP contribution in [-0.2, 0) is 28.6 Å². The summed E-state index contributed by atoms with van der Waals surface area (Å²) in [5.41, 5.74) is 0. The number of hydrogen-bond acceptors (Lipinski definition) is 6. The van der Waals surface area contributed by atoms with Crippen molar-refractivity contribution in [1.82, 2.24) is 0 Å². The first-order valence-corrected chi connectivity index (χ1v) is 25.7. The summed E-state index contributed by atoms with van der Waals surface area (Å²) in [5, 5.41) is 0. The first-order valence-electron chi connectivity index (χ1n) is 25.7. The molecule has 1 unspecified atom stereocenters. The van der Waals surface area contributed by atoms with Gasteiger partial charge in [0.25, 0.3) is 0 Å². The Morgan fingerprint density at radius 3 is 1.08 bits per heavy atom. The molecule has 0 amide bonds. The first-order chi connectivity index (χ1) is 29.5. The molecule has 0 aliphatic carbocycles. The summed E-state index contributed by atoms with van der Waals surface area (Å²) < 4.78 is 16.7. The fourth-order valence-electron chi connectivity index (χ4n) is 7.19. The number of hydrogen-bond donors (Lipinski definition) is 0. The van der Waals surface area contributed by atoms with Crippen molar-refractivity contribution in [3.05, 3.63) is 48.6 Å². The highest BCUT2D eigenvalue weighted by atomic mass is 16.6. The van der Waals surface area contributed by atoms with Crippen LogP contribution in [-0.4, -0.2) is 37.2 Å². The van der Waals surface area contributed by atoms with Crippen LogP contribution in [0.2, 0.25) is 0 Å². The summed E-state index contributed by atoms with van der Waals surface area (Å²) >= 11 is 0. The van der Waals surface area contributed by atoms with Crippen LogP contribution in [0.25, 0.3) is 0 Å². The van der Waals surface area contributed by atoms with Crippen molar-refractivity contribution in [3.8, 4) is 0 Å². The molecule has 6 heteroatoms. The molecular formula is C54H96O6. The minimum atomic E-state index is -0.806. The Labute approximate surface area is 371 Å². The smallest absolute Gasteiger partial charge is 0.306 e. The lowest BCUT2D eigenvalue weighted by Gasteiger charge is -2.18. The predicted octanol–water partition coefficient (Wildman–Crippen LogP) is 16.7. The predicted molar refractivity (Wildman–Crippen MR) is 256 cm³/mol. The number of unbranched alkanes of at least 4 members (excludes halogenated alkanes) is 28. The van der Waals surface area contributed by atoms with Gasteiger partial charge in [0.05, 0.1) is 0 Å². The molecular weight excluding hydrogens is 745 g/mol. The molecule has 0 rings (SSSR count). The summed E-state index contributed by atoms with van der Waals surface area (Å²) in [6.07, 6.45) is 58.2. The minimum Gasteiger partial charge on any atom is -0.462 e. The van der Waals surface area contributed by atoms with E-state index in [0.717, 1.165) is 70.6 Å². The van der Waals surface area contributed by atoms with E-state index >= 15 is 0 Å². The van der Waals surface area contributed by atoms with Crippen molar-refractivity contribution in [1.29, 1.82) is 0 Å². The SMILES string of the molecule is CCCCCCCC/C=C\C/C=C\CCC(=O)OC(COC(=O)CCCCCCC/C=C\C=C/CCCCCCCCC)COC(=O)CCCCCCCCCCCCC. The summed E-state index contributed by atoms with van der Waals surface area (Å²) in [7, 11) is 0. The Bertz CT molecular complexity index is 1060. The number of carbonyl (C=O) groups is 3. The lowest BCUT2D eigenvalue weighted by atomic mass is 10.1. The third-order valence-corrected chi connectivity index (χ3v) is 11.1. The Morgan fingerprint density at radius 2 is 0.683 bits per heavy atom. The molecule has 0 saturated carbocycles. The summed E-state index contributed by atoms with van der Waals surface area (Å²) in [6.45, 7) is 6.56. The largest absolute Gasteiger partial charge is 0.462 e. The third kappa shape index (κ3) is 46.4. The van der Waals surface area contributed by atoms with Gasteiger partial charge < -0.3 is 14.2 Å². The number of carbonyl (C=O) groups excluding carboxylic acids is 3. The van der Waals surface area contributed by atoms with Gasteiger partial charge in [0.15, 0.2) is 6.10 Å². The van der Waals surface area contributed by atoms with Crippen molar-refractivity contribution >= 4 is 17.9 Å². The molecule has 0 N–H and O–H groups in total. The van der Waals surface area contributed by atoms with Crippen molar-refractivity contribution in [2.75, 3.05) is 13.2 Å². The van der Waals surface area contributed by atoms with Gasteiger partial charge in [0.1, 0.15) is 13.2 Å². The van der Waals surface area contributed by atoms with Crippen molar-refractivity contribution in [2.24, 2.45) is 0 Å². The second-order valence-corrected chi connectivity index (χ2v) is 17.1. The fraction of sp³-hybridized carbons (Fsp3) is 0.796. The molecule has 0 aromatic carbocycles. The normalized spacial score (nSPS) is 12.4. The average Bonchev–Trinajstić information content (AvgIpc) is 3.24. The highest BCUT2D eigenvalue weighted by Gasteiger charge is 2.19. The molecule has 0 aromatic heterocycles. The Balaban J connectivity index is 4.42. The molecule has 0 aromatic rings. The van der Waals surface area contributed by atoms with Gasteiger partial charge in [0, 0.05) is 19.3 Å². The van der Waals surface area contributed by atoms with Gasteiger partial charge >= 0.3 is 17.9 Å². The lowest BCUT2D eigenvalue weighted by molar-refractivity contribution is -0.166. The van der Waals surface area contributed by atoms with Gasteiger partial charge in [-0.3, -0.25) is 14.4 Å². The number of rotatable bonds is 46. The van der Waals surface area contributed by atoms with Crippen LogP contribution in [0.5, 0.6) is 0 Å². The Morgan fingerprint density at radius 1 is 0.350 bits per heavy atom. The lowest BCUT2D eigenvalue weighted by Crippen LogP contribution is -2.30. The monoisotopic (exact) mass is 841 g/mol. The standard InChI is InChI=1S/C54H96O6/c1-4-7-10-13-16-19-22-24-25-26-27-28-30-32-35-38-41-44-47-53(56)59-50-51(49-58-52(55)46-43-40-37-34-31-21-18-15-12-9-6-3)60-54(57)48-45-42-39-36-33-29-23-20-17-14-11-8-5-2/h25-29,33,39,42,51H,4-24,30-32,34-38,40-41,43-50H2,1-3H3/b26-25-,28-27-,33-29-,42-39-. The molecule has 0 fully saturated rings. The maximum Gasteiger partial charge on any atom is 0.306 e. The molecule has 0 heterocycles. The van der Waals surface area contributed by atoms with Gasteiger partial charge in [-0.25, -0.2) is 0 Å². The van der Waals surface area contributed by atoms with E-state index in [-0.39, 0.29) is 37.5 Å². The van der Waals surface area contributed by atoms with E-state index in [0.29, 0.717) is 19.3 Å². The van der Waals surface area contributed by atoms with Crippen molar-refractivity contribution in [3.63, 3.8) is 0 Å². The van der Waals surface area contributed by atoms with E-state index in [1.54, 1.807) is 0 Å². The summed E-state index contributed by atoms with van der Waals surface area (Å²) in [4.78, 5) is 37.8. The molecule has 0 spiro atoms. The van der Waals surface area contributed by atoms with Gasteiger partial charge in [-0.2, -0.15) is 0 Å². The molecule has 60 heavy (non-hydrogen) atoms. The molecule has 1 atom stereocenters. The van der Waals surface area contributed by atoms with Crippen molar-refractivity contribution < 1.29 is 28.6 Å². The third-order valence-electron chi connectivity index (χ3n) is 11.1. The van der Waals surface area contributed by atoms with E-state index < -0.39 is 6.10 Å². The van der Waals surface area contributed by atoms with E-state index in [4.69, 9.17) is 14.2 Å². The second kappa shape index (κ2) is 49.0. The topological polar surface area (TPSA) is 78.9 Å². The van der Waals surface area contributed by atoms with E-state index in [1.807, 2.05) is 6.08 Å². The number of esters is 3. The average molecular weight is 841 g/mol.